The molecule has 15 rings (SSSR count). The average Bonchev–Trinajstić information content (AvgIpc) is 1.45. The maximum Gasteiger partial charge on any atom is 0.165 e. The first-order chi connectivity index (χ1) is 41.2. The maximum absolute atomic E-state index is 6.62. The Morgan fingerprint density at radius 3 is 0.884 bits per heavy atom. The number of hydrogen-bond donors (Lipinski definition) is 0. The van der Waals surface area contributed by atoms with Crippen molar-refractivity contribution in [3.05, 3.63) is 241 Å². The molecule has 0 atom stereocenters. The first-order valence-corrected chi connectivity index (χ1v) is 30.5. The predicted octanol–water partition coefficient (Wildman–Crippen LogP) is 21.4. The molecule has 0 N–H and O–H groups in total. The molecule has 0 aliphatic carbocycles. The smallest absolute Gasteiger partial charge is 0.165 e. The lowest BCUT2D eigenvalue weighted by Gasteiger charge is -2.28. The second kappa shape index (κ2) is 19.0. The Labute approximate surface area is 503 Å². The van der Waals surface area contributed by atoms with Gasteiger partial charge in [0.1, 0.15) is 11.4 Å². The fourth-order valence-corrected chi connectivity index (χ4v) is 13.7. The van der Waals surface area contributed by atoms with Crippen molar-refractivity contribution in [1.29, 1.82) is 0 Å². The van der Waals surface area contributed by atoms with Crippen molar-refractivity contribution in [2.75, 3.05) is 0 Å². The quantitative estimate of drug-likeness (QED) is 0.167. The third-order valence-electron chi connectivity index (χ3n) is 18.3. The lowest BCUT2D eigenvalue weighted by atomic mass is 9.86. The Hall–Kier alpha value is -9.52. The largest absolute Gasteiger partial charge is 0.305 e. The van der Waals surface area contributed by atoms with Gasteiger partial charge in [-0.2, -0.15) is 0 Å². The number of benzene rings is 9. The van der Waals surface area contributed by atoms with Crippen LogP contribution < -0.4 is 0 Å². The first-order valence-electron chi connectivity index (χ1n) is 30.5. The number of para-hydroxylation sites is 4. The van der Waals surface area contributed by atoms with E-state index in [-0.39, 0.29) is 21.7 Å². The highest BCUT2D eigenvalue weighted by molar-refractivity contribution is 6.16. The van der Waals surface area contributed by atoms with Gasteiger partial charge >= 0.3 is 0 Å². The second-order valence-corrected chi connectivity index (χ2v) is 28.0. The molecule has 0 saturated carbocycles. The Balaban J connectivity index is 1.28. The topological polar surface area (TPSA) is 45.5 Å². The number of hydrogen-bond acceptors (Lipinski definition) is 2. The van der Waals surface area contributed by atoms with Crippen molar-refractivity contribution in [3.63, 3.8) is 0 Å². The molecule has 6 aromatic heterocycles. The highest BCUT2D eigenvalue weighted by Crippen LogP contribution is 2.51. The van der Waals surface area contributed by atoms with Crippen molar-refractivity contribution in [2.45, 2.75) is 105 Å². The molecule has 0 aliphatic rings. The fraction of sp³-hybridized carbons (Fsp3) is 0.200. The van der Waals surface area contributed by atoms with E-state index in [0.717, 1.165) is 89.4 Å². The Kier molecular flexibility index (Phi) is 11.8. The minimum Gasteiger partial charge on any atom is -0.305 e. The summed E-state index contributed by atoms with van der Waals surface area (Å²) >= 11 is 0. The average molecular weight is 1120 g/mol. The first kappa shape index (κ1) is 53.2. The van der Waals surface area contributed by atoms with E-state index in [9.17, 15) is 0 Å². The third-order valence-corrected chi connectivity index (χ3v) is 18.3. The van der Waals surface area contributed by atoms with Crippen molar-refractivity contribution in [2.24, 2.45) is 0 Å². The fourth-order valence-electron chi connectivity index (χ4n) is 13.7. The highest BCUT2D eigenvalue weighted by atomic mass is 15.2. The molecule has 0 amide bonds. The number of nitrogens with zero attached hydrogens (tertiary/aromatic N) is 6. The van der Waals surface area contributed by atoms with Crippen LogP contribution >= 0.6 is 0 Å². The highest BCUT2D eigenvalue weighted by Gasteiger charge is 2.35. The normalized spacial score (nSPS) is 12.9. The molecule has 6 nitrogen and oxygen atoms in total. The molecule has 6 heteroatoms. The maximum atomic E-state index is 6.62. The van der Waals surface area contributed by atoms with E-state index < -0.39 is 0 Å². The van der Waals surface area contributed by atoms with Gasteiger partial charge in [0.2, 0.25) is 0 Å². The lowest BCUT2D eigenvalue weighted by molar-refractivity contribution is 0.591. The van der Waals surface area contributed by atoms with Gasteiger partial charge in [-0.15, -0.1) is 0 Å². The summed E-state index contributed by atoms with van der Waals surface area (Å²) < 4.78 is 10.1. The van der Waals surface area contributed by atoms with Gasteiger partial charge in [-0.3, -0.25) is 14.1 Å². The van der Waals surface area contributed by atoms with E-state index in [1.165, 1.54) is 65.3 Å². The standard InChI is InChI=1S/C80H72N6/c1-77(2,3)50-33-37-68-60(45-50)55-24-15-19-29-64(55)83(68)73-72(59-28-14-13-23-54(59)49-41-43-81-44-42-49)74(84-65-30-20-16-25-56(65)61-46-51(78(4,5)6)34-38-69(61)84)76(86-67-32-22-18-27-58(67)63-48-53(80(10,11)12)36-40-71(63)86)82-75(73)85-66-31-21-17-26-57(66)62-47-52(79(7,8)9)35-39-70(62)85/h13-48H,1-12H3. The molecule has 0 aliphatic heterocycles. The van der Waals surface area contributed by atoms with Crippen molar-refractivity contribution < 1.29 is 0 Å². The number of rotatable bonds is 6. The van der Waals surface area contributed by atoms with Crippen LogP contribution in [0.5, 0.6) is 0 Å². The van der Waals surface area contributed by atoms with Gasteiger partial charge in [-0.1, -0.05) is 204 Å². The van der Waals surface area contributed by atoms with Crippen LogP contribution in [-0.4, -0.2) is 28.2 Å². The Morgan fingerprint density at radius 2 is 0.547 bits per heavy atom. The molecule has 15 aromatic rings. The molecule has 6 heterocycles. The van der Waals surface area contributed by atoms with Gasteiger partial charge in [0.15, 0.2) is 11.6 Å². The van der Waals surface area contributed by atoms with Crippen LogP contribution in [0.15, 0.2) is 219 Å². The summed E-state index contributed by atoms with van der Waals surface area (Å²) in [6.07, 6.45) is 3.84. The molecule has 86 heavy (non-hydrogen) atoms. The minimum atomic E-state index is -0.0954. The molecular weight excluding hydrogens is 1040 g/mol. The molecule has 0 fully saturated rings. The van der Waals surface area contributed by atoms with Gasteiger partial charge in [0, 0.05) is 61.0 Å². The number of aromatic nitrogens is 6. The van der Waals surface area contributed by atoms with Gasteiger partial charge < -0.3 is 9.13 Å². The summed E-state index contributed by atoms with van der Waals surface area (Å²) in [4.78, 5) is 11.2. The molecule has 0 unspecified atom stereocenters. The minimum absolute atomic E-state index is 0.0896. The van der Waals surface area contributed by atoms with Crippen LogP contribution in [0.4, 0.5) is 0 Å². The van der Waals surface area contributed by atoms with Gasteiger partial charge in [0.25, 0.3) is 0 Å². The van der Waals surface area contributed by atoms with Gasteiger partial charge in [0.05, 0.1) is 44.1 Å². The van der Waals surface area contributed by atoms with Crippen LogP contribution in [-0.2, 0) is 21.7 Å². The molecule has 9 aromatic carbocycles. The zero-order valence-electron chi connectivity index (χ0n) is 51.5. The summed E-state index contributed by atoms with van der Waals surface area (Å²) in [5, 5.41) is 9.46. The van der Waals surface area contributed by atoms with Crippen LogP contribution in [0.1, 0.15) is 105 Å². The SMILES string of the molecule is CC(C)(C)c1ccc2c(c1)c1ccccc1n2-c1nc(-n2c3ccccc3c3cc(C(C)(C)C)ccc32)c(-n2c3ccccc3c3cc(C(C)(C)C)ccc32)c(-c2ccccc2-c2ccncc2)c1-n1c2ccccc2c2cc(C(C)(C)C)ccc21. The molecule has 0 bridgehead atoms. The number of pyridine rings is 2. The number of fused-ring (bicyclic) bond motifs is 12. The van der Waals surface area contributed by atoms with Gasteiger partial charge in [-0.05, 0) is 146 Å². The summed E-state index contributed by atoms with van der Waals surface area (Å²) in [6.45, 7) is 27.8. The molecule has 0 spiro atoms. The predicted molar refractivity (Wildman–Crippen MR) is 365 cm³/mol. The van der Waals surface area contributed by atoms with Crippen molar-refractivity contribution in [3.8, 4) is 45.3 Å². The molecule has 422 valence electrons. The van der Waals surface area contributed by atoms with Gasteiger partial charge in [-0.25, -0.2) is 4.98 Å². The summed E-state index contributed by atoms with van der Waals surface area (Å²) in [7, 11) is 0. The van der Waals surface area contributed by atoms with Crippen molar-refractivity contribution in [1.82, 2.24) is 28.2 Å². The molecular formula is C80H72N6. The third kappa shape index (κ3) is 8.20. The summed E-state index contributed by atoms with van der Waals surface area (Å²) in [5.74, 6) is 1.63. The van der Waals surface area contributed by atoms with E-state index in [2.05, 4.69) is 313 Å². The van der Waals surface area contributed by atoms with Crippen LogP contribution in [0.3, 0.4) is 0 Å². The zero-order valence-corrected chi connectivity index (χ0v) is 51.5. The Morgan fingerprint density at radius 1 is 0.267 bits per heavy atom. The van der Waals surface area contributed by atoms with E-state index >= 15 is 0 Å². The van der Waals surface area contributed by atoms with E-state index in [0.29, 0.717) is 0 Å². The molecule has 0 radical (unpaired) electrons. The van der Waals surface area contributed by atoms with Crippen LogP contribution in [0, 0.1) is 0 Å². The van der Waals surface area contributed by atoms with E-state index in [1.54, 1.807) is 0 Å². The summed E-state index contributed by atoms with van der Waals surface area (Å²) in [5.41, 5.74) is 19.7. The summed E-state index contributed by atoms with van der Waals surface area (Å²) in [6, 6.07) is 78.0. The van der Waals surface area contributed by atoms with E-state index in [1.807, 2.05) is 12.4 Å². The zero-order chi connectivity index (χ0) is 59.3. The lowest BCUT2D eigenvalue weighted by Crippen LogP contribution is -2.16. The molecule has 0 saturated heterocycles. The van der Waals surface area contributed by atoms with E-state index in [4.69, 9.17) is 4.98 Å². The van der Waals surface area contributed by atoms with Crippen LogP contribution in [0.2, 0.25) is 0 Å². The van der Waals surface area contributed by atoms with Crippen molar-refractivity contribution >= 4 is 87.2 Å². The van der Waals surface area contributed by atoms with Crippen LogP contribution in [0.25, 0.3) is 132 Å². The Bertz CT molecular complexity index is 4970. The monoisotopic (exact) mass is 1120 g/mol. The second-order valence-electron chi connectivity index (χ2n) is 28.0.